The summed E-state index contributed by atoms with van der Waals surface area (Å²) in [6.45, 7) is 2.81. The Morgan fingerprint density at radius 1 is 1.78 bits per heavy atom. The highest BCUT2D eigenvalue weighted by molar-refractivity contribution is 9.09. The van der Waals surface area contributed by atoms with E-state index in [-0.39, 0.29) is 6.10 Å². The maximum Gasteiger partial charge on any atom is 0.300 e. The van der Waals surface area contributed by atoms with Crippen LogP contribution in [0.3, 0.4) is 0 Å². The Balaban J connectivity index is 0. The number of hydrogen-bond acceptors (Lipinski definition) is 2. The minimum Gasteiger partial charge on any atom is -0.481 e. The lowest BCUT2D eigenvalue weighted by atomic mass is 10.5. The Kier molecular flexibility index (Phi) is 10.3. The molecule has 0 saturated carbocycles. The number of aliphatic carboxylic acids is 1. The predicted octanol–water partition coefficient (Wildman–Crippen LogP) is 0.853. The van der Waals surface area contributed by atoms with Crippen molar-refractivity contribution in [2.45, 2.75) is 20.0 Å². The molecule has 56 valence electrons. The Labute approximate surface area is 62.8 Å². The fraction of sp³-hybridized carbons (Fsp3) is 0.800. The van der Waals surface area contributed by atoms with Crippen LogP contribution in [-0.4, -0.2) is 27.6 Å². The van der Waals surface area contributed by atoms with Gasteiger partial charge in [-0.25, -0.2) is 0 Å². The fourth-order valence-corrected chi connectivity index (χ4v) is 0. The van der Waals surface area contributed by atoms with Crippen LogP contribution in [-0.2, 0) is 4.79 Å². The molecule has 0 saturated heterocycles. The van der Waals surface area contributed by atoms with Gasteiger partial charge in [-0.15, -0.1) is 0 Å². The van der Waals surface area contributed by atoms with Gasteiger partial charge >= 0.3 is 0 Å². The van der Waals surface area contributed by atoms with E-state index in [0.29, 0.717) is 5.33 Å². The molecule has 0 radical (unpaired) electrons. The highest BCUT2D eigenvalue weighted by atomic mass is 79.9. The lowest BCUT2D eigenvalue weighted by molar-refractivity contribution is -0.134. The maximum atomic E-state index is 9.00. The molecule has 0 aromatic heterocycles. The molecule has 0 bridgehead atoms. The largest absolute Gasteiger partial charge is 0.481 e. The van der Waals surface area contributed by atoms with Crippen molar-refractivity contribution in [2.75, 3.05) is 5.33 Å². The second-order valence-corrected chi connectivity index (χ2v) is 2.17. The van der Waals surface area contributed by atoms with Gasteiger partial charge in [0.25, 0.3) is 5.97 Å². The van der Waals surface area contributed by atoms with Crippen molar-refractivity contribution in [1.29, 1.82) is 0 Å². The van der Waals surface area contributed by atoms with Crippen LogP contribution in [0.2, 0.25) is 0 Å². The summed E-state index contributed by atoms with van der Waals surface area (Å²) >= 11 is 3.06. The standard InChI is InChI=1S/C3H7BrO.C2H4O2/c1-3(5)2-4;1-2(3)4/h3,5H,2H2,1H3;1H3,(H,3,4). The van der Waals surface area contributed by atoms with Gasteiger partial charge in [0, 0.05) is 12.3 Å². The van der Waals surface area contributed by atoms with E-state index in [0.717, 1.165) is 6.92 Å². The smallest absolute Gasteiger partial charge is 0.300 e. The van der Waals surface area contributed by atoms with Crippen LogP contribution in [0.5, 0.6) is 0 Å². The third-order valence-corrected chi connectivity index (χ3v) is 1.16. The molecular formula is C5H11BrO3. The third-order valence-electron chi connectivity index (χ3n) is 0.223. The summed E-state index contributed by atoms with van der Waals surface area (Å²) in [4.78, 5) is 9.00. The van der Waals surface area contributed by atoms with E-state index in [9.17, 15) is 0 Å². The average Bonchev–Trinajstić information content (AvgIpc) is 1.65. The number of carboxylic acids is 1. The molecule has 0 amide bonds. The van der Waals surface area contributed by atoms with Crippen molar-refractivity contribution in [3.63, 3.8) is 0 Å². The first-order valence-corrected chi connectivity index (χ1v) is 3.56. The van der Waals surface area contributed by atoms with Crippen molar-refractivity contribution in [3.8, 4) is 0 Å². The van der Waals surface area contributed by atoms with Gasteiger partial charge in [-0.3, -0.25) is 4.79 Å². The zero-order valence-corrected chi connectivity index (χ0v) is 7.05. The molecule has 0 rings (SSSR count). The Morgan fingerprint density at radius 3 is 1.89 bits per heavy atom. The van der Waals surface area contributed by atoms with Crippen LogP contribution in [0.25, 0.3) is 0 Å². The summed E-state index contributed by atoms with van der Waals surface area (Å²) in [6, 6.07) is 0. The molecule has 0 aliphatic carbocycles. The van der Waals surface area contributed by atoms with Crippen LogP contribution < -0.4 is 0 Å². The first-order chi connectivity index (χ1) is 4.00. The second-order valence-electron chi connectivity index (χ2n) is 1.52. The lowest BCUT2D eigenvalue weighted by Gasteiger charge is -1.89. The molecule has 4 heteroatoms. The number of halogens is 1. The molecular weight excluding hydrogens is 188 g/mol. The molecule has 0 aromatic carbocycles. The Hall–Kier alpha value is -0.0900. The summed E-state index contributed by atoms with van der Waals surface area (Å²) in [7, 11) is 0. The molecule has 0 aliphatic rings. The number of hydrogen-bond donors (Lipinski definition) is 2. The molecule has 0 spiro atoms. The summed E-state index contributed by atoms with van der Waals surface area (Å²) < 4.78 is 0. The van der Waals surface area contributed by atoms with E-state index in [1.807, 2.05) is 0 Å². The summed E-state index contributed by atoms with van der Waals surface area (Å²) in [5.74, 6) is -0.833. The van der Waals surface area contributed by atoms with Crippen molar-refractivity contribution >= 4 is 21.9 Å². The van der Waals surface area contributed by atoms with E-state index in [2.05, 4.69) is 15.9 Å². The minimum atomic E-state index is -0.833. The third kappa shape index (κ3) is 75.7. The van der Waals surface area contributed by atoms with Crippen molar-refractivity contribution in [1.82, 2.24) is 0 Å². The molecule has 3 nitrogen and oxygen atoms in total. The SMILES string of the molecule is CC(=O)O.CC(O)CBr. The number of rotatable bonds is 1. The first-order valence-electron chi connectivity index (χ1n) is 2.44. The van der Waals surface area contributed by atoms with Gasteiger partial charge in [-0.1, -0.05) is 15.9 Å². The molecule has 0 aromatic rings. The van der Waals surface area contributed by atoms with Crippen molar-refractivity contribution in [2.24, 2.45) is 0 Å². The van der Waals surface area contributed by atoms with E-state index >= 15 is 0 Å². The van der Waals surface area contributed by atoms with Crippen LogP contribution in [0.15, 0.2) is 0 Å². The number of carbonyl (C=O) groups is 1. The van der Waals surface area contributed by atoms with Gasteiger partial charge in [0.1, 0.15) is 0 Å². The van der Waals surface area contributed by atoms with Crippen LogP contribution >= 0.6 is 15.9 Å². The highest BCUT2D eigenvalue weighted by Crippen LogP contribution is 1.84. The molecule has 0 heterocycles. The van der Waals surface area contributed by atoms with E-state index < -0.39 is 5.97 Å². The van der Waals surface area contributed by atoms with Gasteiger partial charge in [0.2, 0.25) is 0 Å². The molecule has 9 heavy (non-hydrogen) atoms. The molecule has 1 atom stereocenters. The topological polar surface area (TPSA) is 57.5 Å². The molecule has 2 N–H and O–H groups in total. The van der Waals surface area contributed by atoms with E-state index in [1.165, 1.54) is 0 Å². The van der Waals surface area contributed by atoms with Crippen molar-refractivity contribution in [3.05, 3.63) is 0 Å². The maximum absolute atomic E-state index is 9.00. The lowest BCUT2D eigenvalue weighted by Crippen LogP contribution is -1.97. The summed E-state index contributed by atoms with van der Waals surface area (Å²) in [5, 5.41) is 16.4. The van der Waals surface area contributed by atoms with Gasteiger partial charge in [-0.05, 0) is 6.92 Å². The van der Waals surface area contributed by atoms with Gasteiger partial charge in [0.05, 0.1) is 6.10 Å². The Bertz CT molecular complexity index is 68.6. The highest BCUT2D eigenvalue weighted by Gasteiger charge is 1.83. The first kappa shape index (κ1) is 11.7. The second kappa shape index (κ2) is 7.91. The van der Waals surface area contributed by atoms with E-state index in [1.54, 1.807) is 6.92 Å². The van der Waals surface area contributed by atoms with Crippen molar-refractivity contribution < 1.29 is 15.0 Å². The predicted molar refractivity (Wildman–Crippen MR) is 38.8 cm³/mol. The van der Waals surface area contributed by atoms with Crippen LogP contribution in [0.1, 0.15) is 13.8 Å². The summed E-state index contributed by atoms with van der Waals surface area (Å²) in [6.07, 6.45) is -0.199. The Morgan fingerprint density at radius 2 is 1.89 bits per heavy atom. The van der Waals surface area contributed by atoms with E-state index in [4.69, 9.17) is 15.0 Å². The minimum absolute atomic E-state index is 0.199. The van der Waals surface area contributed by atoms with Crippen LogP contribution in [0, 0.1) is 0 Å². The van der Waals surface area contributed by atoms with Gasteiger partial charge in [0.15, 0.2) is 0 Å². The fourth-order valence-electron chi connectivity index (χ4n) is 0. The number of aliphatic hydroxyl groups is 1. The number of alkyl halides is 1. The van der Waals surface area contributed by atoms with Gasteiger partial charge in [-0.2, -0.15) is 0 Å². The number of carboxylic acid groups (broad SMARTS) is 1. The molecule has 0 aliphatic heterocycles. The monoisotopic (exact) mass is 198 g/mol. The normalized spacial score (nSPS) is 11.1. The molecule has 0 fully saturated rings. The number of aliphatic hydroxyl groups excluding tert-OH is 1. The zero-order valence-electron chi connectivity index (χ0n) is 5.47. The van der Waals surface area contributed by atoms with Crippen LogP contribution in [0.4, 0.5) is 0 Å². The quantitative estimate of drug-likeness (QED) is 0.615. The molecule has 1 unspecified atom stereocenters. The van der Waals surface area contributed by atoms with Gasteiger partial charge < -0.3 is 10.2 Å². The summed E-state index contributed by atoms with van der Waals surface area (Å²) in [5.41, 5.74) is 0. The average molecular weight is 199 g/mol. The zero-order chi connectivity index (χ0) is 7.86.